The SMILES string of the molecule is NCCc1noc(-c2cccc(F)c2Cl)n1. The second kappa shape index (κ2) is 4.59. The minimum absolute atomic E-state index is 0.0227. The molecule has 0 unspecified atom stereocenters. The van der Waals surface area contributed by atoms with Crippen molar-refractivity contribution in [1.29, 1.82) is 0 Å². The zero-order valence-corrected chi connectivity index (χ0v) is 9.04. The second-order valence-electron chi connectivity index (χ2n) is 3.16. The molecule has 0 atom stereocenters. The number of halogens is 2. The van der Waals surface area contributed by atoms with Crippen molar-refractivity contribution >= 4 is 11.6 Å². The molecule has 1 heterocycles. The van der Waals surface area contributed by atoms with Gasteiger partial charge in [0.2, 0.25) is 0 Å². The maximum atomic E-state index is 13.2. The first-order valence-electron chi connectivity index (χ1n) is 4.69. The van der Waals surface area contributed by atoms with Gasteiger partial charge in [-0.3, -0.25) is 0 Å². The van der Waals surface area contributed by atoms with E-state index in [4.69, 9.17) is 21.9 Å². The van der Waals surface area contributed by atoms with Gasteiger partial charge in [0.05, 0.1) is 10.6 Å². The summed E-state index contributed by atoms with van der Waals surface area (Å²) in [6, 6.07) is 4.41. The molecule has 0 bridgehead atoms. The van der Waals surface area contributed by atoms with Crippen LogP contribution in [0.15, 0.2) is 22.7 Å². The fourth-order valence-electron chi connectivity index (χ4n) is 1.26. The topological polar surface area (TPSA) is 64.9 Å². The Bertz CT molecular complexity index is 501. The number of rotatable bonds is 3. The fourth-order valence-corrected chi connectivity index (χ4v) is 1.47. The summed E-state index contributed by atoms with van der Waals surface area (Å²) in [6.45, 7) is 0.426. The number of benzene rings is 1. The summed E-state index contributed by atoms with van der Waals surface area (Å²) in [4.78, 5) is 4.06. The molecule has 2 rings (SSSR count). The van der Waals surface area contributed by atoms with Crippen molar-refractivity contribution in [2.45, 2.75) is 6.42 Å². The van der Waals surface area contributed by atoms with E-state index in [9.17, 15) is 4.39 Å². The fraction of sp³-hybridized carbons (Fsp3) is 0.200. The lowest BCUT2D eigenvalue weighted by molar-refractivity contribution is 0.422. The third-order valence-electron chi connectivity index (χ3n) is 2.02. The molecule has 0 fully saturated rings. The van der Waals surface area contributed by atoms with Crippen LogP contribution in [0.4, 0.5) is 4.39 Å². The lowest BCUT2D eigenvalue weighted by atomic mass is 10.2. The smallest absolute Gasteiger partial charge is 0.259 e. The van der Waals surface area contributed by atoms with Crippen molar-refractivity contribution in [3.8, 4) is 11.5 Å². The van der Waals surface area contributed by atoms with E-state index in [1.165, 1.54) is 12.1 Å². The van der Waals surface area contributed by atoms with Gasteiger partial charge in [-0.15, -0.1) is 0 Å². The van der Waals surface area contributed by atoms with Crippen molar-refractivity contribution in [2.24, 2.45) is 5.73 Å². The first kappa shape index (κ1) is 11.0. The quantitative estimate of drug-likeness (QED) is 0.893. The molecule has 0 aliphatic heterocycles. The van der Waals surface area contributed by atoms with E-state index in [1.807, 2.05) is 0 Å². The first-order valence-corrected chi connectivity index (χ1v) is 5.07. The summed E-state index contributed by atoms with van der Waals surface area (Å²) in [5.41, 5.74) is 5.74. The molecule has 0 saturated carbocycles. The van der Waals surface area contributed by atoms with Crippen molar-refractivity contribution < 1.29 is 8.91 Å². The molecule has 0 aliphatic rings. The van der Waals surface area contributed by atoms with Gasteiger partial charge in [-0.2, -0.15) is 4.98 Å². The van der Waals surface area contributed by atoms with Gasteiger partial charge in [-0.25, -0.2) is 4.39 Å². The largest absolute Gasteiger partial charge is 0.334 e. The average Bonchev–Trinajstić information content (AvgIpc) is 2.71. The first-order chi connectivity index (χ1) is 7.72. The summed E-state index contributed by atoms with van der Waals surface area (Å²) in [5, 5.41) is 3.68. The molecule has 0 amide bonds. The van der Waals surface area contributed by atoms with Gasteiger partial charge in [0, 0.05) is 6.42 Å². The lowest BCUT2D eigenvalue weighted by Gasteiger charge is -1.98. The summed E-state index contributed by atoms with van der Waals surface area (Å²) in [7, 11) is 0. The second-order valence-corrected chi connectivity index (χ2v) is 3.53. The zero-order chi connectivity index (χ0) is 11.5. The highest BCUT2D eigenvalue weighted by atomic mass is 35.5. The van der Waals surface area contributed by atoms with Gasteiger partial charge < -0.3 is 10.3 Å². The van der Waals surface area contributed by atoms with E-state index in [0.717, 1.165) is 0 Å². The van der Waals surface area contributed by atoms with Gasteiger partial charge in [0.1, 0.15) is 5.82 Å². The van der Waals surface area contributed by atoms with Crippen LogP contribution in [0.5, 0.6) is 0 Å². The Morgan fingerprint density at radius 2 is 2.25 bits per heavy atom. The third kappa shape index (κ3) is 2.05. The molecule has 84 valence electrons. The van der Waals surface area contributed by atoms with Crippen LogP contribution in [0.25, 0.3) is 11.5 Å². The van der Waals surface area contributed by atoms with E-state index in [-0.39, 0.29) is 10.9 Å². The predicted octanol–water partition coefficient (Wildman–Crippen LogP) is 2.03. The van der Waals surface area contributed by atoms with Crippen LogP contribution in [0.3, 0.4) is 0 Å². The van der Waals surface area contributed by atoms with E-state index in [1.54, 1.807) is 6.07 Å². The number of nitrogens with zero attached hydrogens (tertiary/aromatic N) is 2. The third-order valence-corrected chi connectivity index (χ3v) is 2.40. The summed E-state index contributed by atoms with van der Waals surface area (Å²) in [5.74, 6) is 0.170. The molecule has 16 heavy (non-hydrogen) atoms. The van der Waals surface area contributed by atoms with Gasteiger partial charge >= 0.3 is 0 Å². The van der Waals surface area contributed by atoms with Crippen LogP contribution in [0.2, 0.25) is 5.02 Å². The number of hydrogen-bond acceptors (Lipinski definition) is 4. The molecule has 2 aromatic rings. The lowest BCUT2D eigenvalue weighted by Crippen LogP contribution is -2.03. The van der Waals surface area contributed by atoms with Crippen LogP contribution < -0.4 is 5.73 Å². The molecule has 0 radical (unpaired) electrons. The molecule has 1 aromatic heterocycles. The molecule has 4 nitrogen and oxygen atoms in total. The Morgan fingerprint density at radius 1 is 1.44 bits per heavy atom. The standard InChI is InChI=1S/C10H9ClFN3O/c11-9-6(2-1-3-7(9)12)10-14-8(4-5-13)15-16-10/h1-3H,4-5,13H2. The number of hydrogen-bond donors (Lipinski definition) is 1. The maximum absolute atomic E-state index is 13.2. The summed E-state index contributed by atoms with van der Waals surface area (Å²) < 4.78 is 18.1. The molecular weight excluding hydrogens is 233 g/mol. The molecule has 6 heteroatoms. The van der Waals surface area contributed by atoms with Crippen LogP contribution in [0.1, 0.15) is 5.82 Å². The number of aromatic nitrogens is 2. The van der Waals surface area contributed by atoms with Gasteiger partial charge in [-0.1, -0.05) is 22.8 Å². The van der Waals surface area contributed by atoms with Crippen molar-refractivity contribution in [3.05, 3.63) is 34.9 Å². The highest BCUT2D eigenvalue weighted by Gasteiger charge is 2.14. The Labute approximate surface area is 96.2 Å². The molecule has 0 spiro atoms. The van der Waals surface area contributed by atoms with Gasteiger partial charge in [-0.05, 0) is 18.7 Å². The van der Waals surface area contributed by atoms with E-state index in [2.05, 4.69) is 10.1 Å². The Morgan fingerprint density at radius 3 is 3.00 bits per heavy atom. The zero-order valence-electron chi connectivity index (χ0n) is 8.28. The summed E-state index contributed by atoms with van der Waals surface area (Å²) in [6.07, 6.45) is 0.510. The summed E-state index contributed by atoms with van der Waals surface area (Å²) >= 11 is 5.79. The van der Waals surface area contributed by atoms with Crippen LogP contribution >= 0.6 is 11.6 Å². The van der Waals surface area contributed by atoms with Gasteiger partial charge in [0.25, 0.3) is 5.89 Å². The van der Waals surface area contributed by atoms with Crippen molar-refractivity contribution in [3.63, 3.8) is 0 Å². The Kier molecular flexibility index (Phi) is 3.17. The Hall–Kier alpha value is -1.46. The maximum Gasteiger partial charge on any atom is 0.259 e. The number of nitrogens with two attached hydrogens (primary N) is 1. The van der Waals surface area contributed by atoms with Crippen molar-refractivity contribution in [2.75, 3.05) is 6.54 Å². The molecule has 0 aliphatic carbocycles. The molecule has 1 aromatic carbocycles. The van der Waals surface area contributed by atoms with Crippen LogP contribution in [0, 0.1) is 5.82 Å². The van der Waals surface area contributed by atoms with E-state index >= 15 is 0 Å². The monoisotopic (exact) mass is 241 g/mol. The highest BCUT2D eigenvalue weighted by Crippen LogP contribution is 2.28. The van der Waals surface area contributed by atoms with Crippen LogP contribution in [-0.2, 0) is 6.42 Å². The predicted molar refractivity (Wildman–Crippen MR) is 57.5 cm³/mol. The molecule has 2 N–H and O–H groups in total. The van der Waals surface area contributed by atoms with Crippen LogP contribution in [-0.4, -0.2) is 16.7 Å². The normalized spacial score (nSPS) is 10.7. The van der Waals surface area contributed by atoms with Gasteiger partial charge in [0.15, 0.2) is 5.82 Å². The van der Waals surface area contributed by atoms with E-state index < -0.39 is 5.82 Å². The average molecular weight is 242 g/mol. The van der Waals surface area contributed by atoms with E-state index in [0.29, 0.717) is 24.4 Å². The van der Waals surface area contributed by atoms with Crippen molar-refractivity contribution in [1.82, 2.24) is 10.1 Å². The molecular formula is C10H9ClFN3O. The molecule has 0 saturated heterocycles. The minimum atomic E-state index is -0.516. The minimum Gasteiger partial charge on any atom is -0.334 e. The highest BCUT2D eigenvalue weighted by molar-refractivity contribution is 6.33. The Balaban J connectivity index is 2.39.